The summed E-state index contributed by atoms with van der Waals surface area (Å²) in [6.07, 6.45) is 1.71. The summed E-state index contributed by atoms with van der Waals surface area (Å²) in [5.41, 5.74) is 3.03. The van der Waals surface area contributed by atoms with Crippen molar-refractivity contribution >= 4 is 33.0 Å². The zero-order chi connectivity index (χ0) is 14.1. The first-order chi connectivity index (χ1) is 9.61. The largest absolute Gasteiger partial charge is 0.493 e. The van der Waals surface area contributed by atoms with E-state index in [-0.39, 0.29) is 5.78 Å². The van der Waals surface area contributed by atoms with Crippen LogP contribution in [0.4, 0.5) is 0 Å². The van der Waals surface area contributed by atoms with Crippen molar-refractivity contribution in [3.05, 3.63) is 43.8 Å². The van der Waals surface area contributed by atoms with Gasteiger partial charge in [-0.15, -0.1) is 11.3 Å². The van der Waals surface area contributed by atoms with Gasteiger partial charge in [0.2, 0.25) is 0 Å². The lowest BCUT2D eigenvalue weighted by molar-refractivity contribution is -0.117. The average molecular weight is 352 g/mol. The molecule has 0 atom stereocenters. The van der Waals surface area contributed by atoms with Gasteiger partial charge in [0.05, 0.1) is 17.3 Å². The first-order valence-electron chi connectivity index (χ1n) is 6.48. The monoisotopic (exact) mass is 351 g/mol. The van der Waals surface area contributed by atoms with Crippen LogP contribution in [0.5, 0.6) is 5.75 Å². The van der Waals surface area contributed by atoms with Crippen LogP contribution in [0, 0.1) is 6.92 Å². The van der Waals surface area contributed by atoms with Crippen molar-refractivity contribution in [2.45, 2.75) is 26.2 Å². The number of carbonyl (C=O) groups is 1. The van der Waals surface area contributed by atoms with E-state index in [4.69, 9.17) is 4.74 Å². The molecule has 0 unspecified atom stereocenters. The van der Waals surface area contributed by atoms with Crippen LogP contribution in [0.25, 0.3) is 0 Å². The molecule has 0 fully saturated rings. The molecule has 0 bridgehead atoms. The first kappa shape index (κ1) is 13.8. The number of aryl methyl sites for hydroxylation is 1. The maximum absolute atomic E-state index is 12.2. The van der Waals surface area contributed by atoms with E-state index in [9.17, 15) is 4.79 Å². The number of nitrogens with zero attached hydrogens (tertiary/aromatic N) is 1. The van der Waals surface area contributed by atoms with Crippen LogP contribution in [0.1, 0.15) is 21.8 Å². The molecule has 0 amide bonds. The Morgan fingerprint density at radius 3 is 3.05 bits per heavy atom. The standard InChI is InChI=1S/C15H14BrNO2S/c1-9-17-13(8-20-9)7-14(18)6-11-5-12(16)4-10-2-3-19-15(10)11/h4-5,8H,2-3,6-7H2,1H3. The summed E-state index contributed by atoms with van der Waals surface area (Å²) in [6.45, 7) is 2.66. The Labute approximate surface area is 130 Å². The number of thiazole rings is 1. The van der Waals surface area contributed by atoms with Gasteiger partial charge < -0.3 is 4.74 Å². The van der Waals surface area contributed by atoms with Crippen LogP contribution < -0.4 is 4.74 Å². The molecule has 1 aromatic heterocycles. The molecule has 20 heavy (non-hydrogen) atoms. The Hall–Kier alpha value is -1.20. The number of rotatable bonds is 4. The average Bonchev–Trinajstić information content (AvgIpc) is 2.98. The molecular formula is C15H14BrNO2S. The number of hydrogen-bond acceptors (Lipinski definition) is 4. The minimum absolute atomic E-state index is 0.172. The molecule has 5 heteroatoms. The maximum atomic E-state index is 12.2. The second-order valence-corrected chi connectivity index (χ2v) is 6.88. The molecule has 2 aromatic rings. The number of fused-ring (bicyclic) bond motifs is 1. The van der Waals surface area contributed by atoms with Crippen molar-refractivity contribution < 1.29 is 9.53 Å². The van der Waals surface area contributed by atoms with E-state index in [0.29, 0.717) is 19.4 Å². The molecule has 0 saturated heterocycles. The van der Waals surface area contributed by atoms with Crippen molar-refractivity contribution in [2.75, 3.05) is 6.61 Å². The number of aromatic nitrogens is 1. The molecule has 0 N–H and O–H groups in total. The summed E-state index contributed by atoms with van der Waals surface area (Å²) in [7, 11) is 0. The Morgan fingerprint density at radius 1 is 1.45 bits per heavy atom. The van der Waals surface area contributed by atoms with Crippen molar-refractivity contribution in [1.82, 2.24) is 4.98 Å². The van der Waals surface area contributed by atoms with Crippen LogP contribution in [0.15, 0.2) is 22.0 Å². The van der Waals surface area contributed by atoms with Gasteiger partial charge in [0, 0.05) is 34.7 Å². The smallest absolute Gasteiger partial charge is 0.143 e. The molecule has 0 saturated carbocycles. The number of ether oxygens (including phenoxy) is 1. The van der Waals surface area contributed by atoms with E-state index < -0.39 is 0 Å². The van der Waals surface area contributed by atoms with E-state index in [2.05, 4.69) is 27.0 Å². The molecule has 104 valence electrons. The second-order valence-electron chi connectivity index (χ2n) is 4.90. The number of hydrogen-bond donors (Lipinski definition) is 0. The Balaban J connectivity index is 1.76. The molecule has 1 aliphatic heterocycles. The molecule has 0 spiro atoms. The van der Waals surface area contributed by atoms with Gasteiger partial charge in [0.15, 0.2) is 0 Å². The number of carbonyl (C=O) groups excluding carboxylic acids is 1. The van der Waals surface area contributed by atoms with Crippen LogP contribution >= 0.6 is 27.3 Å². The molecular weight excluding hydrogens is 338 g/mol. The lowest BCUT2D eigenvalue weighted by Gasteiger charge is -2.08. The predicted molar refractivity (Wildman–Crippen MR) is 82.6 cm³/mol. The van der Waals surface area contributed by atoms with E-state index in [1.807, 2.05) is 18.4 Å². The fourth-order valence-corrected chi connectivity index (χ4v) is 3.61. The van der Waals surface area contributed by atoms with Crippen molar-refractivity contribution in [1.29, 1.82) is 0 Å². The third-order valence-electron chi connectivity index (χ3n) is 3.26. The Bertz CT molecular complexity index is 666. The predicted octanol–water partition coefficient (Wildman–Crippen LogP) is 3.50. The normalized spacial score (nSPS) is 13.1. The van der Waals surface area contributed by atoms with Gasteiger partial charge >= 0.3 is 0 Å². The van der Waals surface area contributed by atoms with Gasteiger partial charge in [-0.25, -0.2) is 4.98 Å². The van der Waals surface area contributed by atoms with Gasteiger partial charge in [0.1, 0.15) is 11.5 Å². The molecule has 0 aliphatic carbocycles. The minimum Gasteiger partial charge on any atom is -0.493 e. The van der Waals surface area contributed by atoms with Crippen LogP contribution in [0.2, 0.25) is 0 Å². The summed E-state index contributed by atoms with van der Waals surface area (Å²) >= 11 is 5.08. The highest BCUT2D eigenvalue weighted by Crippen LogP contribution is 2.33. The number of ketones is 1. The quantitative estimate of drug-likeness (QED) is 0.846. The van der Waals surface area contributed by atoms with Gasteiger partial charge in [-0.05, 0) is 24.6 Å². The molecule has 0 radical (unpaired) electrons. The highest BCUT2D eigenvalue weighted by molar-refractivity contribution is 9.10. The zero-order valence-electron chi connectivity index (χ0n) is 11.1. The van der Waals surface area contributed by atoms with Gasteiger partial charge in [-0.1, -0.05) is 15.9 Å². The number of halogens is 1. The summed E-state index contributed by atoms with van der Waals surface area (Å²) in [5, 5.41) is 2.95. The lowest BCUT2D eigenvalue weighted by Crippen LogP contribution is -2.08. The fourth-order valence-electron chi connectivity index (χ4n) is 2.44. The van der Waals surface area contributed by atoms with Crippen molar-refractivity contribution in [3.8, 4) is 5.75 Å². The maximum Gasteiger partial charge on any atom is 0.143 e. The molecule has 1 aliphatic rings. The van der Waals surface area contributed by atoms with Crippen LogP contribution in [-0.2, 0) is 24.1 Å². The molecule has 3 rings (SSSR count). The second kappa shape index (κ2) is 5.66. The van der Waals surface area contributed by atoms with Crippen LogP contribution in [-0.4, -0.2) is 17.4 Å². The highest BCUT2D eigenvalue weighted by atomic mass is 79.9. The van der Waals surface area contributed by atoms with Crippen molar-refractivity contribution in [2.24, 2.45) is 0 Å². The molecule has 1 aromatic carbocycles. The minimum atomic E-state index is 0.172. The summed E-state index contributed by atoms with van der Waals surface area (Å²) < 4.78 is 6.66. The highest BCUT2D eigenvalue weighted by Gasteiger charge is 2.19. The zero-order valence-corrected chi connectivity index (χ0v) is 13.5. The van der Waals surface area contributed by atoms with E-state index in [1.165, 1.54) is 5.56 Å². The number of Topliss-reactive ketones (excluding diaryl/α,β-unsaturated/α-hetero) is 1. The van der Waals surface area contributed by atoms with Gasteiger partial charge in [0.25, 0.3) is 0 Å². The van der Waals surface area contributed by atoms with Gasteiger partial charge in [-0.3, -0.25) is 4.79 Å². The van der Waals surface area contributed by atoms with E-state index in [1.54, 1.807) is 11.3 Å². The lowest BCUT2D eigenvalue weighted by atomic mass is 10.0. The summed E-state index contributed by atoms with van der Waals surface area (Å²) in [4.78, 5) is 16.5. The van der Waals surface area contributed by atoms with Crippen molar-refractivity contribution in [3.63, 3.8) is 0 Å². The number of benzene rings is 1. The van der Waals surface area contributed by atoms with Crippen LogP contribution in [0.3, 0.4) is 0 Å². The SMILES string of the molecule is Cc1nc(CC(=O)Cc2cc(Br)cc3c2OCC3)cs1. The molecule has 3 nitrogen and oxygen atoms in total. The first-order valence-corrected chi connectivity index (χ1v) is 8.16. The molecule has 2 heterocycles. The Morgan fingerprint density at radius 2 is 2.30 bits per heavy atom. The third-order valence-corrected chi connectivity index (χ3v) is 4.54. The Kier molecular flexibility index (Phi) is 3.89. The van der Waals surface area contributed by atoms with E-state index in [0.717, 1.165) is 32.9 Å². The topological polar surface area (TPSA) is 39.2 Å². The summed E-state index contributed by atoms with van der Waals surface area (Å²) in [5.74, 6) is 1.07. The van der Waals surface area contributed by atoms with Gasteiger partial charge in [-0.2, -0.15) is 0 Å². The third kappa shape index (κ3) is 2.94. The van der Waals surface area contributed by atoms with E-state index >= 15 is 0 Å². The fraction of sp³-hybridized carbons (Fsp3) is 0.333. The summed E-state index contributed by atoms with van der Waals surface area (Å²) in [6, 6.07) is 4.05.